The largest absolute Gasteiger partial charge is 0.466 e. The fourth-order valence-electron chi connectivity index (χ4n) is 2.27. The molecule has 0 aliphatic carbocycles. The van der Waals surface area contributed by atoms with Crippen molar-refractivity contribution in [2.24, 2.45) is 0 Å². The average molecular weight is 315 g/mol. The van der Waals surface area contributed by atoms with Crippen LogP contribution in [0.25, 0.3) is 0 Å². The number of hydrogen-bond donors (Lipinski definition) is 0. The third-order valence-corrected chi connectivity index (χ3v) is 7.41. The van der Waals surface area contributed by atoms with Crippen molar-refractivity contribution in [1.29, 1.82) is 0 Å². The first-order valence-electron chi connectivity index (χ1n) is 6.50. The lowest BCUT2D eigenvalue weighted by atomic mass is 10.1. The summed E-state index contributed by atoms with van der Waals surface area (Å²) in [6.45, 7) is 7.54. The topological polar surface area (TPSA) is 43.4 Å². The lowest BCUT2D eigenvalue weighted by molar-refractivity contribution is -0.136. The highest BCUT2D eigenvalue weighted by Crippen LogP contribution is 2.61. The molecule has 20 heavy (non-hydrogen) atoms. The molecular weight excluding hydrogens is 295 g/mol. The van der Waals surface area contributed by atoms with Gasteiger partial charge in [0, 0.05) is 10.6 Å². The summed E-state index contributed by atoms with van der Waals surface area (Å²) in [5, 5.41) is 0.545. The van der Waals surface area contributed by atoms with Crippen molar-refractivity contribution in [3.8, 4) is 0 Å². The summed E-state index contributed by atoms with van der Waals surface area (Å²) >= 11 is 6.01. The van der Waals surface area contributed by atoms with Gasteiger partial charge in [-0.05, 0) is 30.0 Å². The molecule has 0 unspecified atom stereocenters. The first kappa shape index (κ1) is 17.0. The van der Waals surface area contributed by atoms with E-state index in [0.29, 0.717) is 17.3 Å². The summed E-state index contributed by atoms with van der Waals surface area (Å²) < 4.78 is 17.8. The summed E-state index contributed by atoms with van der Waals surface area (Å²) in [5.74, 6) is -0.530. The molecule has 1 rings (SSSR count). The summed E-state index contributed by atoms with van der Waals surface area (Å²) in [5.41, 5.74) is 0.436. The molecule has 0 amide bonds. The fourth-order valence-corrected chi connectivity index (χ4v) is 5.02. The summed E-state index contributed by atoms with van der Waals surface area (Å²) in [6, 6.07) is 7.08. The first-order chi connectivity index (χ1) is 9.39. The Morgan fingerprint density at radius 3 is 2.45 bits per heavy atom. The van der Waals surface area contributed by atoms with Gasteiger partial charge in [0.2, 0.25) is 0 Å². The van der Waals surface area contributed by atoms with Crippen LogP contribution in [0.4, 0.5) is 0 Å². The fraction of sp³-hybridized carbons (Fsp3) is 0.400. The number of methoxy groups -OCH3 is 1. The molecule has 0 spiro atoms. The molecule has 0 N–H and O–H groups in total. The molecule has 1 aromatic rings. The number of carbonyl (C=O) groups is 1. The van der Waals surface area contributed by atoms with Crippen LogP contribution >= 0.6 is 18.7 Å². The van der Waals surface area contributed by atoms with Gasteiger partial charge in [0.05, 0.1) is 19.9 Å². The zero-order valence-corrected chi connectivity index (χ0v) is 13.7. The highest BCUT2D eigenvalue weighted by atomic mass is 35.5. The predicted molar refractivity (Wildman–Crippen MR) is 84.0 cm³/mol. The first-order valence-corrected chi connectivity index (χ1v) is 9.02. The highest BCUT2D eigenvalue weighted by molar-refractivity contribution is 7.64. The standard InChI is InChI=1S/C15H20ClO3P/c1-5-20(18,6-2)14(11(3)15(17)19-4)12-8-7-9-13(16)10-12/h7-10,14H,3,5-6H2,1-2,4H3/t14-/m0/s1. The van der Waals surface area contributed by atoms with Crippen LogP contribution in [0.5, 0.6) is 0 Å². The van der Waals surface area contributed by atoms with E-state index in [9.17, 15) is 9.36 Å². The maximum atomic E-state index is 13.1. The van der Waals surface area contributed by atoms with E-state index in [0.717, 1.165) is 5.56 Å². The summed E-state index contributed by atoms with van der Waals surface area (Å²) in [6.07, 6.45) is 0.993. The van der Waals surface area contributed by atoms with Gasteiger partial charge in [-0.25, -0.2) is 4.79 Å². The minimum Gasteiger partial charge on any atom is -0.466 e. The maximum absolute atomic E-state index is 13.1. The molecule has 3 nitrogen and oxygen atoms in total. The van der Waals surface area contributed by atoms with Gasteiger partial charge in [-0.3, -0.25) is 0 Å². The Morgan fingerprint density at radius 2 is 2.00 bits per heavy atom. The normalized spacial score (nSPS) is 12.8. The van der Waals surface area contributed by atoms with Gasteiger partial charge in [-0.15, -0.1) is 0 Å². The summed E-state index contributed by atoms with van der Waals surface area (Å²) in [4.78, 5) is 11.8. The molecule has 0 heterocycles. The quantitative estimate of drug-likeness (QED) is 0.440. The molecular formula is C15H20ClO3P. The Hall–Kier alpha value is -1.05. The number of rotatable bonds is 6. The van der Waals surface area contributed by atoms with E-state index in [1.807, 2.05) is 19.9 Å². The van der Waals surface area contributed by atoms with Gasteiger partial charge < -0.3 is 9.30 Å². The minimum absolute atomic E-state index is 0.224. The van der Waals surface area contributed by atoms with Crippen LogP contribution in [0.2, 0.25) is 5.02 Å². The zero-order valence-electron chi connectivity index (χ0n) is 12.1. The van der Waals surface area contributed by atoms with E-state index in [4.69, 9.17) is 16.3 Å². The molecule has 5 heteroatoms. The van der Waals surface area contributed by atoms with Crippen molar-refractivity contribution >= 4 is 24.7 Å². The van der Waals surface area contributed by atoms with Crippen LogP contribution in [0.15, 0.2) is 36.4 Å². The number of esters is 1. The minimum atomic E-state index is -2.62. The molecule has 0 saturated carbocycles. The second-order valence-electron chi connectivity index (χ2n) is 4.56. The maximum Gasteiger partial charge on any atom is 0.334 e. The Bertz CT molecular complexity index is 546. The zero-order chi connectivity index (χ0) is 15.3. The van der Waals surface area contributed by atoms with Crippen molar-refractivity contribution in [3.05, 3.63) is 47.0 Å². The van der Waals surface area contributed by atoms with Crippen LogP contribution < -0.4 is 0 Å². The molecule has 0 aromatic heterocycles. The second-order valence-corrected chi connectivity index (χ2v) is 8.68. The van der Waals surface area contributed by atoms with Crippen LogP contribution in [0.1, 0.15) is 25.1 Å². The van der Waals surface area contributed by atoms with Gasteiger partial charge in [0.25, 0.3) is 0 Å². The number of carbonyl (C=O) groups excluding carboxylic acids is 1. The molecule has 0 aliphatic heterocycles. The van der Waals surface area contributed by atoms with E-state index < -0.39 is 18.8 Å². The lowest BCUT2D eigenvalue weighted by Gasteiger charge is -2.27. The molecule has 0 fully saturated rings. The van der Waals surface area contributed by atoms with Gasteiger partial charge in [0.15, 0.2) is 0 Å². The van der Waals surface area contributed by atoms with E-state index in [2.05, 4.69) is 6.58 Å². The van der Waals surface area contributed by atoms with Crippen molar-refractivity contribution in [3.63, 3.8) is 0 Å². The van der Waals surface area contributed by atoms with Crippen LogP contribution in [-0.4, -0.2) is 25.4 Å². The number of benzene rings is 1. The third-order valence-electron chi connectivity index (χ3n) is 3.48. The Morgan fingerprint density at radius 1 is 1.40 bits per heavy atom. The monoisotopic (exact) mass is 314 g/mol. The molecule has 0 bridgehead atoms. The van der Waals surface area contributed by atoms with E-state index >= 15 is 0 Å². The van der Waals surface area contributed by atoms with Crippen LogP contribution in [-0.2, 0) is 14.1 Å². The number of hydrogen-bond acceptors (Lipinski definition) is 3. The van der Waals surface area contributed by atoms with Gasteiger partial charge in [-0.2, -0.15) is 0 Å². The van der Waals surface area contributed by atoms with Gasteiger partial charge in [0.1, 0.15) is 0 Å². The van der Waals surface area contributed by atoms with Gasteiger partial charge in [-0.1, -0.05) is 44.2 Å². The van der Waals surface area contributed by atoms with E-state index in [-0.39, 0.29) is 5.57 Å². The molecule has 110 valence electrons. The number of halogens is 1. The molecule has 0 radical (unpaired) electrons. The molecule has 0 aliphatic rings. The number of ether oxygens (including phenoxy) is 1. The second kappa shape index (κ2) is 7.10. The van der Waals surface area contributed by atoms with Crippen molar-refractivity contribution in [1.82, 2.24) is 0 Å². The predicted octanol–water partition coefficient (Wildman–Crippen LogP) is 4.51. The Labute approximate surface area is 125 Å². The van der Waals surface area contributed by atoms with E-state index in [1.165, 1.54) is 7.11 Å². The van der Waals surface area contributed by atoms with Crippen molar-refractivity contribution in [2.45, 2.75) is 19.5 Å². The highest BCUT2D eigenvalue weighted by Gasteiger charge is 2.36. The average Bonchev–Trinajstić information content (AvgIpc) is 2.46. The lowest BCUT2D eigenvalue weighted by Crippen LogP contribution is -2.15. The van der Waals surface area contributed by atoms with Crippen LogP contribution in [0, 0.1) is 0 Å². The smallest absolute Gasteiger partial charge is 0.334 e. The Kier molecular flexibility index (Phi) is 6.04. The molecule has 0 saturated heterocycles. The molecule has 1 atom stereocenters. The van der Waals surface area contributed by atoms with Crippen molar-refractivity contribution in [2.75, 3.05) is 19.4 Å². The SMILES string of the molecule is C=C(C(=O)OC)[C@@H](c1cccc(Cl)c1)P(=O)(CC)CC. The van der Waals surface area contributed by atoms with Crippen molar-refractivity contribution < 1.29 is 14.1 Å². The molecule has 1 aromatic carbocycles. The van der Waals surface area contributed by atoms with E-state index in [1.54, 1.807) is 18.2 Å². The van der Waals surface area contributed by atoms with Gasteiger partial charge >= 0.3 is 5.97 Å². The van der Waals surface area contributed by atoms with Crippen LogP contribution in [0.3, 0.4) is 0 Å². The summed E-state index contributed by atoms with van der Waals surface area (Å²) in [7, 11) is -1.32. The Balaban J connectivity index is 3.39. The third kappa shape index (κ3) is 3.53.